The van der Waals surface area contributed by atoms with Crippen molar-refractivity contribution in [2.75, 3.05) is 5.32 Å². The van der Waals surface area contributed by atoms with E-state index in [1.165, 1.54) is 18.5 Å². The minimum absolute atomic E-state index is 0.245. The molecule has 0 radical (unpaired) electrons. The second-order valence-corrected chi connectivity index (χ2v) is 6.30. The largest absolute Gasteiger partial charge is 0.355 e. The standard InChI is InChI=1S/C17H14FN5S/c1-23-8-7-19-17(23)14(11-2-4-12(18)5-3-11)22-16-15-13(6-9-24-15)20-10-21-16/h2-10,14H,1H3,(H,20,21,22). The number of rotatable bonds is 4. The first-order valence-electron chi connectivity index (χ1n) is 7.40. The minimum Gasteiger partial charge on any atom is -0.355 e. The van der Waals surface area contributed by atoms with Crippen molar-refractivity contribution >= 4 is 27.4 Å². The van der Waals surface area contributed by atoms with Gasteiger partial charge in [0.15, 0.2) is 0 Å². The second-order valence-electron chi connectivity index (χ2n) is 5.38. The number of benzene rings is 1. The Labute approximate surface area is 141 Å². The molecule has 0 bridgehead atoms. The number of hydrogen-bond donors (Lipinski definition) is 1. The molecule has 24 heavy (non-hydrogen) atoms. The molecule has 0 saturated carbocycles. The number of thiophene rings is 1. The number of fused-ring (bicyclic) bond motifs is 1. The number of anilines is 1. The van der Waals surface area contributed by atoms with Gasteiger partial charge in [0.1, 0.15) is 29.8 Å². The van der Waals surface area contributed by atoms with E-state index in [0.717, 1.165) is 27.4 Å². The predicted molar refractivity (Wildman–Crippen MR) is 92.5 cm³/mol. The molecule has 120 valence electrons. The molecule has 1 aromatic carbocycles. The summed E-state index contributed by atoms with van der Waals surface area (Å²) in [4.78, 5) is 13.1. The van der Waals surface area contributed by atoms with Crippen LogP contribution in [0.25, 0.3) is 10.2 Å². The average molecular weight is 339 g/mol. The fourth-order valence-corrected chi connectivity index (χ4v) is 3.43. The molecule has 5 nitrogen and oxygen atoms in total. The molecule has 4 aromatic rings. The van der Waals surface area contributed by atoms with Crippen LogP contribution in [-0.4, -0.2) is 19.5 Å². The van der Waals surface area contributed by atoms with E-state index >= 15 is 0 Å². The zero-order valence-electron chi connectivity index (χ0n) is 12.8. The molecule has 0 amide bonds. The Bertz CT molecular complexity index is 976. The third kappa shape index (κ3) is 2.63. The van der Waals surface area contributed by atoms with E-state index in [1.54, 1.807) is 29.7 Å². The van der Waals surface area contributed by atoms with Crippen molar-refractivity contribution in [2.45, 2.75) is 6.04 Å². The first-order valence-corrected chi connectivity index (χ1v) is 8.28. The number of halogens is 1. The molecule has 0 aliphatic carbocycles. The highest BCUT2D eigenvalue weighted by molar-refractivity contribution is 7.17. The Morgan fingerprint density at radius 3 is 2.71 bits per heavy atom. The summed E-state index contributed by atoms with van der Waals surface area (Å²) in [6.45, 7) is 0. The molecule has 1 N–H and O–H groups in total. The molecule has 0 spiro atoms. The van der Waals surface area contributed by atoms with Gasteiger partial charge in [-0.1, -0.05) is 12.1 Å². The lowest BCUT2D eigenvalue weighted by Crippen LogP contribution is -2.17. The first kappa shape index (κ1) is 14.8. The molecule has 3 heterocycles. The molecule has 0 aliphatic rings. The van der Waals surface area contributed by atoms with Crippen molar-refractivity contribution in [1.29, 1.82) is 0 Å². The quantitative estimate of drug-likeness (QED) is 0.615. The topological polar surface area (TPSA) is 55.6 Å². The summed E-state index contributed by atoms with van der Waals surface area (Å²) in [6.07, 6.45) is 5.17. The van der Waals surface area contributed by atoms with E-state index < -0.39 is 0 Å². The zero-order chi connectivity index (χ0) is 16.5. The van der Waals surface area contributed by atoms with Crippen molar-refractivity contribution in [3.05, 3.63) is 71.6 Å². The molecule has 1 unspecified atom stereocenters. The Balaban J connectivity index is 1.80. The van der Waals surface area contributed by atoms with Gasteiger partial charge in [-0.25, -0.2) is 19.3 Å². The molecule has 7 heteroatoms. The van der Waals surface area contributed by atoms with E-state index in [4.69, 9.17) is 0 Å². The van der Waals surface area contributed by atoms with Crippen molar-refractivity contribution in [3.8, 4) is 0 Å². The van der Waals surface area contributed by atoms with E-state index in [1.807, 2.05) is 29.3 Å². The number of imidazole rings is 1. The number of aromatic nitrogens is 4. The number of nitrogens with one attached hydrogen (secondary N) is 1. The molecule has 3 aromatic heterocycles. The second kappa shape index (κ2) is 6.01. The van der Waals surface area contributed by atoms with Crippen LogP contribution in [0.3, 0.4) is 0 Å². The molecule has 0 fully saturated rings. The fourth-order valence-electron chi connectivity index (χ4n) is 2.64. The summed E-state index contributed by atoms with van der Waals surface area (Å²) in [5.74, 6) is 1.30. The summed E-state index contributed by atoms with van der Waals surface area (Å²) in [7, 11) is 1.93. The zero-order valence-corrected chi connectivity index (χ0v) is 13.7. The molecular weight excluding hydrogens is 325 g/mol. The van der Waals surface area contributed by atoms with Crippen molar-refractivity contribution in [3.63, 3.8) is 0 Å². The summed E-state index contributed by atoms with van der Waals surface area (Å²) < 4.78 is 16.2. The van der Waals surface area contributed by atoms with Gasteiger partial charge in [-0.15, -0.1) is 11.3 Å². The maximum atomic E-state index is 13.3. The van der Waals surface area contributed by atoms with Gasteiger partial charge in [-0.05, 0) is 29.1 Å². The Morgan fingerprint density at radius 1 is 1.12 bits per heavy atom. The maximum absolute atomic E-state index is 13.3. The van der Waals surface area contributed by atoms with Crippen LogP contribution in [0.5, 0.6) is 0 Å². The van der Waals surface area contributed by atoms with Crippen molar-refractivity contribution in [1.82, 2.24) is 19.5 Å². The van der Waals surface area contributed by atoms with Gasteiger partial charge >= 0.3 is 0 Å². The highest BCUT2D eigenvalue weighted by atomic mass is 32.1. The van der Waals surface area contributed by atoms with Crippen LogP contribution in [0.1, 0.15) is 17.4 Å². The van der Waals surface area contributed by atoms with Gasteiger partial charge < -0.3 is 9.88 Å². The first-order chi connectivity index (χ1) is 11.7. The molecule has 4 rings (SSSR count). The smallest absolute Gasteiger partial charge is 0.148 e. The van der Waals surface area contributed by atoms with E-state index in [0.29, 0.717) is 0 Å². The van der Waals surface area contributed by atoms with Crippen LogP contribution in [0.2, 0.25) is 0 Å². The molecule has 0 aliphatic heterocycles. The molecule has 0 saturated heterocycles. The van der Waals surface area contributed by atoms with E-state index in [2.05, 4.69) is 20.3 Å². The van der Waals surface area contributed by atoms with E-state index in [9.17, 15) is 4.39 Å². The van der Waals surface area contributed by atoms with Gasteiger partial charge in [0.2, 0.25) is 0 Å². The van der Waals surface area contributed by atoms with Gasteiger partial charge in [-0.2, -0.15) is 0 Å². The van der Waals surface area contributed by atoms with E-state index in [-0.39, 0.29) is 11.9 Å². The van der Waals surface area contributed by atoms with Crippen LogP contribution < -0.4 is 5.32 Å². The van der Waals surface area contributed by atoms with Crippen LogP contribution in [0, 0.1) is 5.82 Å². The number of hydrogen-bond acceptors (Lipinski definition) is 5. The summed E-state index contributed by atoms with van der Waals surface area (Å²) in [6, 6.07) is 8.14. The molecule has 1 atom stereocenters. The lowest BCUT2D eigenvalue weighted by atomic mass is 10.1. The lowest BCUT2D eigenvalue weighted by Gasteiger charge is -2.20. The van der Waals surface area contributed by atoms with Crippen molar-refractivity contribution in [2.24, 2.45) is 7.05 Å². The third-order valence-corrected chi connectivity index (χ3v) is 4.75. The highest BCUT2D eigenvalue weighted by Gasteiger charge is 2.20. The minimum atomic E-state index is -0.264. The Hall–Kier alpha value is -2.80. The van der Waals surface area contributed by atoms with Gasteiger partial charge in [0, 0.05) is 19.4 Å². The van der Waals surface area contributed by atoms with Crippen LogP contribution in [0.15, 0.2) is 54.4 Å². The fraction of sp³-hybridized carbons (Fsp3) is 0.118. The van der Waals surface area contributed by atoms with Crippen molar-refractivity contribution < 1.29 is 4.39 Å². The van der Waals surface area contributed by atoms with Gasteiger partial charge in [-0.3, -0.25) is 0 Å². The average Bonchev–Trinajstić information content (AvgIpc) is 3.23. The highest BCUT2D eigenvalue weighted by Crippen LogP contribution is 2.30. The molecular formula is C17H14FN5S. The lowest BCUT2D eigenvalue weighted by molar-refractivity contribution is 0.626. The summed E-state index contributed by atoms with van der Waals surface area (Å²) >= 11 is 1.58. The number of nitrogens with zero attached hydrogens (tertiary/aromatic N) is 4. The SMILES string of the molecule is Cn1ccnc1C(Nc1ncnc2ccsc12)c1ccc(F)cc1. The maximum Gasteiger partial charge on any atom is 0.148 e. The third-order valence-electron chi connectivity index (χ3n) is 3.84. The monoisotopic (exact) mass is 339 g/mol. The van der Waals surface area contributed by atoms with Gasteiger partial charge in [0.25, 0.3) is 0 Å². The van der Waals surface area contributed by atoms with Crippen LogP contribution in [0.4, 0.5) is 10.2 Å². The van der Waals surface area contributed by atoms with Gasteiger partial charge in [0.05, 0.1) is 10.2 Å². The Kier molecular flexibility index (Phi) is 3.70. The normalized spacial score (nSPS) is 12.4. The number of aryl methyl sites for hydroxylation is 1. The predicted octanol–water partition coefficient (Wildman–Crippen LogP) is 3.77. The summed E-state index contributed by atoms with van der Waals surface area (Å²) in [5, 5.41) is 5.42. The van der Waals surface area contributed by atoms with Crippen LogP contribution in [-0.2, 0) is 7.05 Å². The Morgan fingerprint density at radius 2 is 1.96 bits per heavy atom. The summed E-state index contributed by atoms with van der Waals surface area (Å²) in [5.41, 5.74) is 1.81. The van der Waals surface area contributed by atoms with Crippen LogP contribution >= 0.6 is 11.3 Å².